The fourth-order valence-electron chi connectivity index (χ4n) is 3.02. The van der Waals surface area contributed by atoms with E-state index in [4.69, 9.17) is 23.2 Å². The second-order valence-electron chi connectivity index (χ2n) is 6.39. The molecule has 0 aliphatic carbocycles. The van der Waals surface area contributed by atoms with Gasteiger partial charge in [-0.2, -0.15) is 5.10 Å². The molecule has 5 nitrogen and oxygen atoms in total. The van der Waals surface area contributed by atoms with Crippen molar-refractivity contribution in [3.63, 3.8) is 0 Å². The van der Waals surface area contributed by atoms with Gasteiger partial charge in [-0.1, -0.05) is 29.3 Å². The molecule has 1 amide bonds. The van der Waals surface area contributed by atoms with Crippen LogP contribution in [0, 0.1) is 6.92 Å². The van der Waals surface area contributed by atoms with Crippen LogP contribution in [0.1, 0.15) is 17.5 Å². The van der Waals surface area contributed by atoms with Gasteiger partial charge in [-0.25, -0.2) is 0 Å². The molecule has 25 heavy (non-hydrogen) atoms. The Morgan fingerprint density at radius 3 is 2.44 bits per heavy atom. The van der Waals surface area contributed by atoms with Crippen molar-refractivity contribution in [1.82, 2.24) is 19.6 Å². The monoisotopic (exact) mass is 380 g/mol. The van der Waals surface area contributed by atoms with Gasteiger partial charge in [0.25, 0.3) is 0 Å². The molecule has 0 spiro atoms. The highest BCUT2D eigenvalue weighted by Crippen LogP contribution is 2.26. The molecule has 1 aliphatic rings. The van der Waals surface area contributed by atoms with E-state index < -0.39 is 0 Å². The number of benzene rings is 1. The summed E-state index contributed by atoms with van der Waals surface area (Å²) in [5.74, 6) is 0.184. The van der Waals surface area contributed by atoms with Crippen molar-refractivity contribution in [3.05, 3.63) is 51.8 Å². The fraction of sp³-hybridized carbons (Fsp3) is 0.444. The normalized spacial score (nSPS) is 15.6. The highest BCUT2D eigenvalue weighted by molar-refractivity contribution is 6.35. The van der Waals surface area contributed by atoms with E-state index in [2.05, 4.69) is 10.00 Å². The Balaban J connectivity index is 1.47. The average molecular weight is 381 g/mol. The molecule has 1 fully saturated rings. The number of nitrogens with zero attached hydrogens (tertiary/aromatic N) is 4. The first kappa shape index (κ1) is 18.2. The summed E-state index contributed by atoms with van der Waals surface area (Å²) >= 11 is 12.5. The smallest absolute Gasteiger partial charge is 0.224 e. The van der Waals surface area contributed by atoms with Crippen LogP contribution in [0.4, 0.5) is 0 Å². The predicted molar refractivity (Wildman–Crippen MR) is 99.9 cm³/mol. The highest BCUT2D eigenvalue weighted by atomic mass is 35.5. The van der Waals surface area contributed by atoms with E-state index in [0.29, 0.717) is 29.6 Å². The summed E-state index contributed by atoms with van der Waals surface area (Å²) in [5.41, 5.74) is 2.07. The van der Waals surface area contributed by atoms with Crippen molar-refractivity contribution >= 4 is 29.1 Å². The number of rotatable bonds is 5. The van der Waals surface area contributed by atoms with Gasteiger partial charge in [0, 0.05) is 67.5 Å². The number of amides is 1. The number of aryl methyl sites for hydroxylation is 2. The van der Waals surface area contributed by atoms with E-state index in [0.717, 1.165) is 37.3 Å². The molecule has 134 valence electrons. The van der Waals surface area contributed by atoms with Crippen LogP contribution in [-0.4, -0.2) is 51.7 Å². The zero-order valence-electron chi connectivity index (χ0n) is 14.3. The quantitative estimate of drug-likeness (QED) is 0.799. The second kappa shape index (κ2) is 8.21. The van der Waals surface area contributed by atoms with Gasteiger partial charge in [-0.15, -0.1) is 0 Å². The highest BCUT2D eigenvalue weighted by Gasteiger charge is 2.22. The van der Waals surface area contributed by atoms with E-state index >= 15 is 0 Å². The number of piperazine rings is 1. The van der Waals surface area contributed by atoms with Crippen LogP contribution in [-0.2, 0) is 17.9 Å². The van der Waals surface area contributed by atoms with Gasteiger partial charge in [0.2, 0.25) is 5.91 Å². The molecule has 1 aromatic carbocycles. The van der Waals surface area contributed by atoms with Gasteiger partial charge in [0.15, 0.2) is 0 Å². The molecular formula is C18H22Cl2N4O. The Bertz CT molecular complexity index is 718. The molecule has 2 heterocycles. The first-order valence-electron chi connectivity index (χ1n) is 8.45. The number of hydrogen-bond acceptors (Lipinski definition) is 3. The van der Waals surface area contributed by atoms with E-state index in [1.54, 1.807) is 0 Å². The molecule has 1 aromatic heterocycles. The standard InChI is InChI=1S/C18H22Cl2N4O/c1-14-11-21-24(12-14)6-5-18(25)23-9-7-22(8-10-23)13-15-16(19)3-2-4-17(15)20/h2-4,11-12H,5-10,13H2,1H3. The first-order chi connectivity index (χ1) is 12.0. The molecule has 7 heteroatoms. The Hall–Kier alpha value is -1.56. The van der Waals surface area contributed by atoms with Gasteiger partial charge in [0.05, 0.1) is 6.20 Å². The molecule has 0 unspecified atom stereocenters. The zero-order valence-corrected chi connectivity index (χ0v) is 15.8. The van der Waals surface area contributed by atoms with Crippen LogP contribution in [0.3, 0.4) is 0 Å². The van der Waals surface area contributed by atoms with Crippen LogP contribution in [0.2, 0.25) is 10.0 Å². The summed E-state index contributed by atoms with van der Waals surface area (Å²) in [6, 6.07) is 5.57. The SMILES string of the molecule is Cc1cnn(CCC(=O)N2CCN(Cc3c(Cl)cccc3Cl)CC2)c1. The van der Waals surface area contributed by atoms with Gasteiger partial charge in [-0.3, -0.25) is 14.4 Å². The third-order valence-corrected chi connectivity index (χ3v) is 5.19. The van der Waals surface area contributed by atoms with Crippen LogP contribution in [0.25, 0.3) is 0 Å². The minimum absolute atomic E-state index is 0.184. The van der Waals surface area contributed by atoms with Crippen LogP contribution >= 0.6 is 23.2 Å². The lowest BCUT2D eigenvalue weighted by atomic mass is 10.2. The summed E-state index contributed by atoms with van der Waals surface area (Å²) in [7, 11) is 0. The zero-order chi connectivity index (χ0) is 17.8. The minimum Gasteiger partial charge on any atom is -0.340 e. The van der Waals surface area contributed by atoms with Gasteiger partial charge >= 0.3 is 0 Å². The molecule has 0 N–H and O–H groups in total. The minimum atomic E-state index is 0.184. The molecular weight excluding hydrogens is 359 g/mol. The Kier molecular flexibility index (Phi) is 5.99. The summed E-state index contributed by atoms with van der Waals surface area (Å²) in [6.45, 7) is 6.46. The van der Waals surface area contributed by atoms with Crippen molar-refractivity contribution in [2.75, 3.05) is 26.2 Å². The van der Waals surface area contributed by atoms with Crippen LogP contribution in [0.15, 0.2) is 30.6 Å². The Labute approximate surface area is 158 Å². The summed E-state index contributed by atoms with van der Waals surface area (Å²) in [6.07, 6.45) is 4.25. The van der Waals surface area contributed by atoms with E-state index in [1.807, 2.05) is 47.1 Å². The van der Waals surface area contributed by atoms with Crippen molar-refractivity contribution in [2.45, 2.75) is 26.4 Å². The number of halogens is 2. The van der Waals surface area contributed by atoms with Gasteiger partial charge in [-0.05, 0) is 24.6 Å². The molecule has 0 radical (unpaired) electrons. The van der Waals surface area contributed by atoms with Crippen molar-refractivity contribution < 1.29 is 4.79 Å². The third-order valence-electron chi connectivity index (χ3n) is 4.49. The van der Waals surface area contributed by atoms with E-state index in [-0.39, 0.29) is 5.91 Å². The molecule has 1 aliphatic heterocycles. The van der Waals surface area contributed by atoms with E-state index in [1.165, 1.54) is 0 Å². The largest absolute Gasteiger partial charge is 0.340 e. The van der Waals surface area contributed by atoms with Crippen LogP contribution < -0.4 is 0 Å². The molecule has 1 saturated heterocycles. The van der Waals surface area contributed by atoms with E-state index in [9.17, 15) is 4.79 Å². The molecule has 0 bridgehead atoms. The van der Waals surface area contributed by atoms with Crippen LogP contribution in [0.5, 0.6) is 0 Å². The summed E-state index contributed by atoms with van der Waals surface area (Å²) in [4.78, 5) is 16.6. The number of aromatic nitrogens is 2. The maximum Gasteiger partial charge on any atom is 0.224 e. The first-order valence-corrected chi connectivity index (χ1v) is 9.20. The lowest BCUT2D eigenvalue weighted by Gasteiger charge is -2.35. The molecule has 3 rings (SSSR count). The fourth-order valence-corrected chi connectivity index (χ4v) is 3.54. The lowest BCUT2D eigenvalue weighted by molar-refractivity contribution is -0.133. The summed E-state index contributed by atoms with van der Waals surface area (Å²) in [5, 5.41) is 5.61. The second-order valence-corrected chi connectivity index (χ2v) is 7.20. The molecule has 0 saturated carbocycles. The number of carbonyl (C=O) groups is 1. The lowest BCUT2D eigenvalue weighted by Crippen LogP contribution is -2.48. The van der Waals surface area contributed by atoms with Crippen molar-refractivity contribution in [1.29, 1.82) is 0 Å². The third kappa shape index (κ3) is 4.75. The maximum atomic E-state index is 12.4. The number of hydrogen-bond donors (Lipinski definition) is 0. The Morgan fingerprint density at radius 1 is 1.16 bits per heavy atom. The summed E-state index contributed by atoms with van der Waals surface area (Å²) < 4.78 is 1.82. The van der Waals surface area contributed by atoms with Gasteiger partial charge in [0.1, 0.15) is 0 Å². The van der Waals surface area contributed by atoms with Crippen molar-refractivity contribution in [3.8, 4) is 0 Å². The topological polar surface area (TPSA) is 41.4 Å². The maximum absolute atomic E-state index is 12.4. The predicted octanol–water partition coefficient (Wildman–Crippen LogP) is 3.23. The molecule has 0 atom stereocenters. The van der Waals surface area contributed by atoms with Crippen molar-refractivity contribution in [2.24, 2.45) is 0 Å². The number of carbonyl (C=O) groups excluding carboxylic acids is 1. The van der Waals surface area contributed by atoms with Gasteiger partial charge < -0.3 is 4.90 Å². The molecule has 2 aromatic rings. The average Bonchev–Trinajstić information content (AvgIpc) is 3.02. The Morgan fingerprint density at radius 2 is 1.84 bits per heavy atom.